The molecular weight excluding hydrogens is 210 g/mol. The van der Waals surface area contributed by atoms with Crippen molar-refractivity contribution < 1.29 is 14.3 Å². The van der Waals surface area contributed by atoms with Crippen molar-refractivity contribution in [2.75, 3.05) is 5.32 Å². The van der Waals surface area contributed by atoms with Gasteiger partial charge in [-0.05, 0) is 13.0 Å². The molecule has 2 aromatic heterocycles. The minimum Gasteiger partial charge on any atom is -0.475 e. The summed E-state index contributed by atoms with van der Waals surface area (Å²) in [4.78, 5) is 10.6. The van der Waals surface area contributed by atoms with E-state index in [1.807, 2.05) is 14.0 Å². The van der Waals surface area contributed by atoms with Crippen LogP contribution >= 0.6 is 0 Å². The molecule has 16 heavy (non-hydrogen) atoms. The number of aromatic nitrogens is 2. The fourth-order valence-electron chi connectivity index (χ4n) is 1.38. The molecule has 0 aromatic carbocycles. The van der Waals surface area contributed by atoms with Crippen molar-refractivity contribution in [1.29, 1.82) is 0 Å². The van der Waals surface area contributed by atoms with Crippen LogP contribution in [0.25, 0.3) is 0 Å². The average Bonchev–Trinajstić information content (AvgIpc) is 2.75. The molecule has 2 N–H and O–H groups in total. The highest BCUT2D eigenvalue weighted by Gasteiger charge is 2.10. The number of carbonyl (C=O) groups is 1. The number of nitrogens with one attached hydrogen (secondary N) is 1. The van der Waals surface area contributed by atoms with Gasteiger partial charge in [-0.15, -0.1) is 0 Å². The second kappa shape index (κ2) is 3.73. The van der Waals surface area contributed by atoms with Gasteiger partial charge in [0.1, 0.15) is 0 Å². The largest absolute Gasteiger partial charge is 0.475 e. The molecule has 0 unspecified atom stereocenters. The topological polar surface area (TPSA) is 80.3 Å². The van der Waals surface area contributed by atoms with Gasteiger partial charge in [0.05, 0.1) is 11.4 Å². The lowest BCUT2D eigenvalue weighted by atomic mass is 10.4. The van der Waals surface area contributed by atoms with E-state index in [0.29, 0.717) is 5.88 Å². The quantitative estimate of drug-likeness (QED) is 0.825. The Morgan fingerprint density at radius 3 is 2.81 bits per heavy atom. The lowest BCUT2D eigenvalue weighted by molar-refractivity contribution is 0.0663. The average molecular weight is 221 g/mol. The van der Waals surface area contributed by atoms with Crippen LogP contribution in [-0.4, -0.2) is 20.9 Å². The highest BCUT2D eigenvalue weighted by molar-refractivity contribution is 5.85. The highest BCUT2D eigenvalue weighted by atomic mass is 16.4. The number of hydrogen-bond acceptors (Lipinski definition) is 4. The van der Waals surface area contributed by atoms with E-state index in [1.165, 1.54) is 6.07 Å². The van der Waals surface area contributed by atoms with E-state index in [1.54, 1.807) is 16.9 Å². The number of aryl methyl sites for hydroxylation is 2. The van der Waals surface area contributed by atoms with Crippen LogP contribution in [0.1, 0.15) is 16.2 Å². The molecule has 0 spiro atoms. The third-order valence-corrected chi connectivity index (χ3v) is 2.09. The van der Waals surface area contributed by atoms with E-state index < -0.39 is 5.97 Å². The zero-order valence-corrected chi connectivity index (χ0v) is 8.89. The van der Waals surface area contributed by atoms with Crippen LogP contribution in [0.15, 0.2) is 22.7 Å². The molecule has 0 fully saturated rings. The summed E-state index contributed by atoms with van der Waals surface area (Å²) in [6.45, 7) is 1.85. The maximum atomic E-state index is 10.6. The molecule has 0 bridgehead atoms. The van der Waals surface area contributed by atoms with Gasteiger partial charge in [-0.1, -0.05) is 0 Å². The van der Waals surface area contributed by atoms with Gasteiger partial charge in [0.2, 0.25) is 5.76 Å². The summed E-state index contributed by atoms with van der Waals surface area (Å²) < 4.78 is 6.73. The van der Waals surface area contributed by atoms with Crippen molar-refractivity contribution in [2.45, 2.75) is 6.92 Å². The smallest absolute Gasteiger partial charge is 0.371 e. The molecule has 2 aromatic rings. The number of furan rings is 1. The molecule has 0 atom stereocenters. The summed E-state index contributed by atoms with van der Waals surface area (Å²) in [5.74, 6) is -0.798. The van der Waals surface area contributed by atoms with Gasteiger partial charge >= 0.3 is 5.97 Å². The second-order valence-corrected chi connectivity index (χ2v) is 3.40. The third-order valence-electron chi connectivity index (χ3n) is 2.09. The zero-order valence-electron chi connectivity index (χ0n) is 8.89. The lowest BCUT2D eigenvalue weighted by Crippen LogP contribution is -1.92. The molecule has 6 heteroatoms. The number of hydrogen-bond donors (Lipinski definition) is 2. The van der Waals surface area contributed by atoms with Crippen molar-refractivity contribution in [3.63, 3.8) is 0 Å². The van der Waals surface area contributed by atoms with E-state index in [9.17, 15) is 4.79 Å². The summed E-state index contributed by atoms with van der Waals surface area (Å²) in [6, 6.07) is 2.96. The Balaban J connectivity index is 2.20. The number of carboxylic acid groups (broad SMARTS) is 1. The van der Waals surface area contributed by atoms with Crippen LogP contribution < -0.4 is 5.32 Å². The first-order valence-corrected chi connectivity index (χ1v) is 4.66. The van der Waals surface area contributed by atoms with Crippen LogP contribution in [0, 0.1) is 6.92 Å². The standard InChI is InChI=1S/C10H11N3O3/c1-6-7(5-13(2)12-6)11-9-4-3-8(16-9)10(14)15/h3-5,11H,1-2H3,(H,14,15). The van der Waals surface area contributed by atoms with Crippen molar-refractivity contribution in [3.8, 4) is 0 Å². The summed E-state index contributed by atoms with van der Waals surface area (Å²) in [6.07, 6.45) is 1.79. The van der Waals surface area contributed by atoms with Crippen LogP contribution in [0.2, 0.25) is 0 Å². The first kappa shape index (κ1) is 10.3. The predicted octanol–water partition coefficient (Wildman–Crippen LogP) is 1.76. The van der Waals surface area contributed by atoms with Crippen LogP contribution in [0.4, 0.5) is 11.6 Å². The maximum Gasteiger partial charge on any atom is 0.371 e. The molecule has 84 valence electrons. The van der Waals surface area contributed by atoms with Gasteiger partial charge < -0.3 is 14.8 Å². The van der Waals surface area contributed by atoms with Crippen molar-refractivity contribution >= 4 is 17.5 Å². The molecule has 0 saturated carbocycles. The van der Waals surface area contributed by atoms with Crippen LogP contribution in [0.5, 0.6) is 0 Å². The Morgan fingerprint density at radius 2 is 2.31 bits per heavy atom. The van der Waals surface area contributed by atoms with Gasteiger partial charge in [-0.3, -0.25) is 4.68 Å². The minimum atomic E-state index is -1.09. The highest BCUT2D eigenvalue weighted by Crippen LogP contribution is 2.21. The molecule has 6 nitrogen and oxygen atoms in total. The van der Waals surface area contributed by atoms with Gasteiger partial charge in [0.15, 0.2) is 5.88 Å². The monoisotopic (exact) mass is 221 g/mol. The Kier molecular flexibility index (Phi) is 2.40. The molecule has 0 amide bonds. The van der Waals surface area contributed by atoms with E-state index in [2.05, 4.69) is 10.4 Å². The number of aromatic carboxylic acids is 1. The summed E-state index contributed by atoms with van der Waals surface area (Å²) in [5.41, 5.74) is 1.60. The van der Waals surface area contributed by atoms with Gasteiger partial charge in [0.25, 0.3) is 0 Å². The molecule has 0 aliphatic heterocycles. The molecular formula is C10H11N3O3. The lowest BCUT2D eigenvalue weighted by Gasteiger charge is -1.98. The number of rotatable bonds is 3. The fraction of sp³-hybridized carbons (Fsp3) is 0.200. The third kappa shape index (κ3) is 1.90. The van der Waals surface area contributed by atoms with E-state index in [0.717, 1.165) is 11.4 Å². The molecule has 0 aliphatic rings. The van der Waals surface area contributed by atoms with Gasteiger partial charge in [0, 0.05) is 19.3 Å². The molecule has 0 aliphatic carbocycles. The van der Waals surface area contributed by atoms with Crippen LogP contribution in [-0.2, 0) is 7.05 Å². The van der Waals surface area contributed by atoms with Gasteiger partial charge in [-0.2, -0.15) is 5.10 Å². The first-order chi connectivity index (χ1) is 7.56. The Hall–Kier alpha value is -2.24. The number of nitrogens with zero attached hydrogens (tertiary/aromatic N) is 2. The summed E-state index contributed by atoms with van der Waals surface area (Å²) in [7, 11) is 1.81. The maximum absolute atomic E-state index is 10.6. The Morgan fingerprint density at radius 1 is 1.56 bits per heavy atom. The normalized spacial score (nSPS) is 10.4. The second-order valence-electron chi connectivity index (χ2n) is 3.40. The molecule has 0 radical (unpaired) electrons. The molecule has 2 heterocycles. The zero-order chi connectivity index (χ0) is 11.7. The van der Waals surface area contributed by atoms with E-state index >= 15 is 0 Å². The first-order valence-electron chi connectivity index (χ1n) is 4.66. The SMILES string of the molecule is Cc1nn(C)cc1Nc1ccc(C(=O)O)o1. The minimum absolute atomic E-state index is 0.0935. The summed E-state index contributed by atoms with van der Waals surface area (Å²) >= 11 is 0. The number of anilines is 2. The fourth-order valence-corrected chi connectivity index (χ4v) is 1.38. The predicted molar refractivity (Wildman–Crippen MR) is 56.9 cm³/mol. The Bertz CT molecular complexity index is 527. The van der Waals surface area contributed by atoms with Gasteiger partial charge in [-0.25, -0.2) is 4.79 Å². The van der Waals surface area contributed by atoms with Crippen molar-refractivity contribution in [1.82, 2.24) is 9.78 Å². The molecule has 2 rings (SSSR count). The van der Waals surface area contributed by atoms with E-state index in [-0.39, 0.29) is 5.76 Å². The van der Waals surface area contributed by atoms with E-state index in [4.69, 9.17) is 9.52 Å². The van der Waals surface area contributed by atoms with Crippen molar-refractivity contribution in [2.24, 2.45) is 7.05 Å². The molecule has 0 saturated heterocycles. The Labute approximate surface area is 91.5 Å². The number of carboxylic acids is 1. The van der Waals surface area contributed by atoms with Crippen molar-refractivity contribution in [3.05, 3.63) is 29.8 Å². The van der Waals surface area contributed by atoms with Crippen LogP contribution in [0.3, 0.4) is 0 Å². The summed E-state index contributed by atoms with van der Waals surface area (Å²) in [5, 5.41) is 15.8.